The molecule has 4 aromatic carbocycles. The molecule has 1 aromatic heterocycles. The van der Waals surface area contributed by atoms with Gasteiger partial charge in [0, 0.05) is 27.8 Å². The predicted molar refractivity (Wildman–Crippen MR) is 144 cm³/mol. The molecular weight excluding hydrogens is 511 g/mol. The lowest BCUT2D eigenvalue weighted by molar-refractivity contribution is -0.140. The van der Waals surface area contributed by atoms with Crippen LogP contribution in [-0.4, -0.2) is 25.2 Å². The van der Waals surface area contributed by atoms with E-state index in [1.54, 1.807) is 19.1 Å². The van der Waals surface area contributed by atoms with Crippen molar-refractivity contribution in [3.05, 3.63) is 96.3 Å². The highest BCUT2D eigenvalue weighted by Gasteiger charge is 2.20. The Morgan fingerprint density at radius 2 is 1.65 bits per heavy atom. The molecule has 0 aliphatic carbocycles. The number of hydrogen-bond acceptors (Lipinski definition) is 5. The number of rotatable bonds is 8. The van der Waals surface area contributed by atoms with Gasteiger partial charge in [0.2, 0.25) is 9.84 Å². The Labute approximate surface area is 217 Å². The normalized spacial score (nSPS) is 12.7. The molecule has 0 aliphatic heterocycles. The fraction of sp³-hybridized carbons (Fsp3) is 0.138. The van der Waals surface area contributed by atoms with E-state index in [4.69, 9.17) is 9.52 Å². The van der Waals surface area contributed by atoms with Crippen LogP contribution in [0.25, 0.3) is 33.1 Å². The number of thioether (sulfide) groups is 1. The summed E-state index contributed by atoms with van der Waals surface area (Å²) in [5, 5.41) is 11.0. The lowest BCUT2D eigenvalue weighted by Crippen LogP contribution is -2.12. The summed E-state index contributed by atoms with van der Waals surface area (Å²) >= 11 is 1.29. The van der Waals surface area contributed by atoms with Gasteiger partial charge in [-0.05, 0) is 41.5 Å². The van der Waals surface area contributed by atoms with Crippen molar-refractivity contribution in [1.82, 2.24) is 0 Å². The van der Waals surface area contributed by atoms with Crippen LogP contribution in [0.3, 0.4) is 0 Å². The van der Waals surface area contributed by atoms with Gasteiger partial charge in [0.05, 0.1) is 15.7 Å². The zero-order chi connectivity index (χ0) is 26.2. The molecule has 1 heterocycles. The zero-order valence-corrected chi connectivity index (χ0v) is 21.5. The molecule has 0 aliphatic rings. The quantitative estimate of drug-likeness (QED) is 0.227. The standard InChI is InChI=1S/C29H23FO5S2/c1-18(29(31)32)16-36-17-20-11-14-22(15-26(20)30)37(33,34)21-12-9-19(10-13-21)23-6-4-7-25-24-5-2-3-8-27(24)35-28(23)25/h2-15,18H,16-17H2,1H3,(H,31,32). The van der Waals surface area contributed by atoms with Gasteiger partial charge in [-0.2, -0.15) is 11.8 Å². The molecule has 0 spiro atoms. The van der Waals surface area contributed by atoms with Crippen molar-refractivity contribution < 1.29 is 27.1 Å². The Kier molecular flexibility index (Phi) is 6.79. The van der Waals surface area contributed by atoms with E-state index >= 15 is 0 Å². The van der Waals surface area contributed by atoms with Gasteiger partial charge >= 0.3 is 5.97 Å². The summed E-state index contributed by atoms with van der Waals surface area (Å²) < 4.78 is 47.2. The van der Waals surface area contributed by atoms with E-state index in [9.17, 15) is 17.6 Å². The molecule has 0 amide bonds. The van der Waals surface area contributed by atoms with Gasteiger partial charge in [0.15, 0.2) is 0 Å². The third-order valence-corrected chi connectivity index (χ3v) is 9.28. The number of para-hydroxylation sites is 2. The molecule has 188 valence electrons. The van der Waals surface area contributed by atoms with Gasteiger partial charge < -0.3 is 9.52 Å². The number of furan rings is 1. The first-order chi connectivity index (χ1) is 17.8. The number of sulfone groups is 1. The highest BCUT2D eigenvalue weighted by atomic mass is 32.2. The zero-order valence-electron chi connectivity index (χ0n) is 19.8. The van der Waals surface area contributed by atoms with E-state index in [2.05, 4.69) is 0 Å². The molecule has 0 fully saturated rings. The summed E-state index contributed by atoms with van der Waals surface area (Å²) in [5.41, 5.74) is 3.49. The van der Waals surface area contributed by atoms with Gasteiger partial charge in [0.25, 0.3) is 0 Å². The van der Waals surface area contributed by atoms with Crippen LogP contribution >= 0.6 is 11.8 Å². The number of hydrogen-bond donors (Lipinski definition) is 1. The smallest absolute Gasteiger partial charge is 0.307 e. The van der Waals surface area contributed by atoms with E-state index < -0.39 is 27.5 Å². The highest BCUT2D eigenvalue weighted by molar-refractivity contribution is 7.98. The Morgan fingerprint density at radius 1 is 0.946 bits per heavy atom. The summed E-state index contributed by atoms with van der Waals surface area (Å²) in [6.45, 7) is 1.59. The average Bonchev–Trinajstić information content (AvgIpc) is 3.28. The first kappa shape index (κ1) is 25.0. The number of halogens is 1. The van der Waals surface area contributed by atoms with Crippen molar-refractivity contribution in [2.24, 2.45) is 5.92 Å². The number of aliphatic carboxylic acids is 1. The molecule has 0 radical (unpaired) electrons. The van der Waals surface area contributed by atoms with E-state index in [1.165, 1.54) is 36.0 Å². The van der Waals surface area contributed by atoms with Crippen LogP contribution in [0.15, 0.2) is 99.1 Å². The predicted octanol–water partition coefficient (Wildman–Crippen LogP) is 7.18. The van der Waals surface area contributed by atoms with Crippen molar-refractivity contribution in [3.63, 3.8) is 0 Å². The molecule has 5 aromatic rings. The average molecular weight is 535 g/mol. The Bertz CT molecular complexity index is 1720. The van der Waals surface area contributed by atoms with Crippen molar-refractivity contribution in [1.29, 1.82) is 0 Å². The molecule has 0 saturated carbocycles. The fourth-order valence-electron chi connectivity index (χ4n) is 4.15. The molecule has 0 saturated heterocycles. The van der Waals surface area contributed by atoms with Crippen LogP contribution < -0.4 is 0 Å². The van der Waals surface area contributed by atoms with Crippen LogP contribution in [0.1, 0.15) is 12.5 Å². The fourth-order valence-corrected chi connectivity index (χ4v) is 6.49. The minimum Gasteiger partial charge on any atom is -0.481 e. The Hall–Kier alpha value is -3.62. The van der Waals surface area contributed by atoms with Gasteiger partial charge in [-0.15, -0.1) is 0 Å². The van der Waals surface area contributed by atoms with Gasteiger partial charge in [-0.1, -0.05) is 61.5 Å². The lowest BCUT2D eigenvalue weighted by Gasteiger charge is -2.10. The monoisotopic (exact) mass is 534 g/mol. The maximum atomic E-state index is 14.7. The van der Waals surface area contributed by atoms with Crippen LogP contribution in [0.4, 0.5) is 4.39 Å². The lowest BCUT2D eigenvalue weighted by atomic mass is 10.0. The van der Waals surface area contributed by atoms with Crippen LogP contribution in [-0.2, 0) is 20.4 Å². The molecule has 37 heavy (non-hydrogen) atoms. The largest absolute Gasteiger partial charge is 0.481 e. The van der Waals surface area contributed by atoms with Gasteiger partial charge in [-0.3, -0.25) is 4.79 Å². The summed E-state index contributed by atoms with van der Waals surface area (Å²) in [6.07, 6.45) is 0. The molecule has 8 heteroatoms. The van der Waals surface area contributed by atoms with Crippen molar-refractivity contribution in [2.45, 2.75) is 22.5 Å². The van der Waals surface area contributed by atoms with Crippen molar-refractivity contribution in [3.8, 4) is 11.1 Å². The maximum Gasteiger partial charge on any atom is 0.307 e. The second-order valence-corrected chi connectivity index (χ2v) is 11.8. The third kappa shape index (κ3) is 4.86. The molecule has 1 atom stereocenters. The second-order valence-electron chi connectivity index (χ2n) is 8.82. The SMILES string of the molecule is CC(CSCc1ccc(S(=O)(=O)c2ccc(-c3cccc4c3oc3ccccc34)cc2)cc1F)C(=O)O. The summed E-state index contributed by atoms with van der Waals surface area (Å²) in [5.74, 6) is -1.50. The number of benzene rings is 4. The van der Waals surface area contributed by atoms with E-state index in [1.807, 2.05) is 42.5 Å². The van der Waals surface area contributed by atoms with E-state index in [0.717, 1.165) is 39.1 Å². The summed E-state index contributed by atoms with van der Waals surface area (Å²) in [7, 11) is -3.93. The van der Waals surface area contributed by atoms with Crippen molar-refractivity contribution >= 4 is 49.5 Å². The minimum atomic E-state index is -3.93. The van der Waals surface area contributed by atoms with Crippen molar-refractivity contribution in [2.75, 3.05) is 5.75 Å². The minimum absolute atomic E-state index is 0.0600. The topological polar surface area (TPSA) is 84.6 Å². The first-order valence-corrected chi connectivity index (χ1v) is 14.2. The van der Waals surface area contributed by atoms with Crippen LogP contribution in [0.5, 0.6) is 0 Å². The van der Waals surface area contributed by atoms with E-state index in [0.29, 0.717) is 11.3 Å². The summed E-state index contributed by atoms with van der Waals surface area (Å²) in [6, 6.07) is 24.0. The van der Waals surface area contributed by atoms with Crippen LogP contribution in [0.2, 0.25) is 0 Å². The number of carboxylic acid groups (broad SMARTS) is 1. The Balaban J connectivity index is 1.39. The first-order valence-electron chi connectivity index (χ1n) is 11.6. The number of carbonyl (C=O) groups is 1. The third-order valence-electron chi connectivity index (χ3n) is 6.26. The van der Waals surface area contributed by atoms with Crippen LogP contribution in [0, 0.1) is 11.7 Å². The van der Waals surface area contributed by atoms with Gasteiger partial charge in [0.1, 0.15) is 17.0 Å². The highest BCUT2D eigenvalue weighted by Crippen LogP contribution is 2.36. The molecular formula is C29H23FO5S2. The molecule has 1 unspecified atom stereocenters. The number of fused-ring (bicyclic) bond motifs is 3. The van der Waals surface area contributed by atoms with Gasteiger partial charge in [-0.25, -0.2) is 12.8 Å². The number of carboxylic acids is 1. The molecule has 0 bridgehead atoms. The second kappa shape index (κ2) is 10.0. The maximum absolute atomic E-state index is 14.7. The summed E-state index contributed by atoms with van der Waals surface area (Å²) in [4.78, 5) is 10.9. The molecule has 5 rings (SSSR count). The van der Waals surface area contributed by atoms with E-state index in [-0.39, 0.29) is 15.5 Å². The molecule has 5 nitrogen and oxygen atoms in total. The Morgan fingerprint density at radius 3 is 2.38 bits per heavy atom. The molecule has 1 N–H and O–H groups in total.